The number of nitrogens with zero attached hydrogens (tertiary/aromatic N) is 4. The highest BCUT2D eigenvalue weighted by atomic mass is 32.2. The number of carbonyl (C=O) groups excluding carboxylic acids is 1. The van der Waals surface area contributed by atoms with Gasteiger partial charge in [-0.1, -0.05) is 24.2 Å². The van der Waals surface area contributed by atoms with E-state index in [0.717, 1.165) is 53.9 Å². The van der Waals surface area contributed by atoms with Gasteiger partial charge in [0.1, 0.15) is 23.4 Å². The lowest BCUT2D eigenvalue weighted by Gasteiger charge is -2.10. The smallest absolute Gasteiger partial charge is 0.235 e. The first kappa shape index (κ1) is 24.3. The van der Waals surface area contributed by atoms with Crippen LogP contribution in [0.2, 0.25) is 0 Å². The Labute approximate surface area is 208 Å². The zero-order chi connectivity index (χ0) is 24.1. The number of thioether (sulfide) groups is 1. The molecule has 178 valence electrons. The van der Waals surface area contributed by atoms with Crippen LogP contribution in [0.4, 0.5) is 5.00 Å². The number of aryl methyl sites for hydroxylation is 3. The van der Waals surface area contributed by atoms with Crippen LogP contribution in [0.5, 0.6) is 5.75 Å². The summed E-state index contributed by atoms with van der Waals surface area (Å²) >= 11 is 2.90. The number of anilines is 1. The second-order valence-electron chi connectivity index (χ2n) is 8.47. The van der Waals surface area contributed by atoms with Gasteiger partial charge in [-0.2, -0.15) is 5.26 Å². The average molecular weight is 496 g/mol. The highest BCUT2D eigenvalue weighted by molar-refractivity contribution is 7.99. The van der Waals surface area contributed by atoms with E-state index < -0.39 is 0 Å². The van der Waals surface area contributed by atoms with Crippen LogP contribution in [-0.2, 0) is 30.8 Å². The monoisotopic (exact) mass is 495 g/mol. The number of thiophene rings is 1. The molecule has 34 heavy (non-hydrogen) atoms. The standard InChI is InChI=1S/C25H29N5O2S2/c1-4-30-22(14-32-18-11-16(2)10-17(3)12-18)28-29-25(30)33-15-23(31)27-24-20(13-26)19-8-6-5-7-9-21(19)34-24/h10-12H,4-9,14-15H2,1-3H3,(H,27,31). The van der Waals surface area contributed by atoms with Crippen LogP contribution >= 0.6 is 23.1 Å². The molecule has 0 fully saturated rings. The molecule has 0 atom stereocenters. The van der Waals surface area contributed by atoms with Crippen LogP contribution in [0.1, 0.15) is 59.1 Å². The molecule has 7 nitrogen and oxygen atoms in total. The van der Waals surface area contributed by atoms with Gasteiger partial charge >= 0.3 is 0 Å². The van der Waals surface area contributed by atoms with E-state index in [4.69, 9.17) is 4.74 Å². The van der Waals surface area contributed by atoms with Crippen molar-refractivity contribution in [2.24, 2.45) is 0 Å². The lowest BCUT2D eigenvalue weighted by Crippen LogP contribution is -2.15. The second kappa shape index (κ2) is 11.1. The maximum absolute atomic E-state index is 12.7. The number of fused-ring (bicyclic) bond motifs is 1. The summed E-state index contributed by atoms with van der Waals surface area (Å²) in [7, 11) is 0. The summed E-state index contributed by atoms with van der Waals surface area (Å²) in [6.45, 7) is 7.09. The number of benzene rings is 1. The minimum absolute atomic E-state index is 0.142. The van der Waals surface area contributed by atoms with Gasteiger partial charge in [-0.25, -0.2) is 0 Å². The number of hydrogen-bond acceptors (Lipinski definition) is 7. The van der Waals surface area contributed by atoms with E-state index >= 15 is 0 Å². The van der Waals surface area contributed by atoms with Gasteiger partial charge in [0.25, 0.3) is 0 Å². The fraction of sp³-hybridized carbons (Fsp3) is 0.440. The molecule has 0 unspecified atom stereocenters. The van der Waals surface area contributed by atoms with Gasteiger partial charge in [-0.3, -0.25) is 4.79 Å². The predicted molar refractivity (Wildman–Crippen MR) is 136 cm³/mol. The van der Waals surface area contributed by atoms with Gasteiger partial charge in [0, 0.05) is 11.4 Å². The summed E-state index contributed by atoms with van der Waals surface area (Å²) < 4.78 is 7.91. The summed E-state index contributed by atoms with van der Waals surface area (Å²) in [4.78, 5) is 13.9. The van der Waals surface area contributed by atoms with Gasteiger partial charge in [0.15, 0.2) is 11.0 Å². The SMILES string of the molecule is CCn1c(COc2cc(C)cc(C)c2)nnc1SCC(=O)Nc1sc2c(c1C#N)CCCCC2. The second-order valence-corrected chi connectivity index (χ2v) is 10.5. The Hall–Kier alpha value is -2.83. The molecule has 4 rings (SSSR count). The number of aromatic nitrogens is 3. The van der Waals surface area contributed by atoms with Crippen LogP contribution in [0, 0.1) is 25.2 Å². The van der Waals surface area contributed by atoms with Gasteiger partial charge in [0.2, 0.25) is 5.91 Å². The molecule has 1 aliphatic rings. The Morgan fingerprint density at radius 1 is 1.21 bits per heavy atom. The first-order chi connectivity index (χ1) is 16.5. The molecule has 0 saturated carbocycles. The minimum atomic E-state index is -0.142. The number of nitrogens with one attached hydrogen (secondary N) is 1. The first-order valence-electron chi connectivity index (χ1n) is 11.6. The predicted octanol–water partition coefficient (Wildman–Crippen LogP) is 5.43. The fourth-order valence-electron chi connectivity index (χ4n) is 4.26. The van der Waals surface area contributed by atoms with Gasteiger partial charge in [-0.05, 0) is 75.3 Å². The van der Waals surface area contributed by atoms with Crippen molar-refractivity contribution in [1.29, 1.82) is 5.26 Å². The van der Waals surface area contributed by atoms with Crippen molar-refractivity contribution in [1.82, 2.24) is 14.8 Å². The summed E-state index contributed by atoms with van der Waals surface area (Å²) in [6.07, 6.45) is 5.35. The third-order valence-corrected chi connectivity index (χ3v) is 7.97. The van der Waals surface area contributed by atoms with Crippen molar-refractivity contribution in [3.05, 3.63) is 51.2 Å². The first-order valence-corrected chi connectivity index (χ1v) is 13.4. The van der Waals surface area contributed by atoms with Crippen LogP contribution in [0.15, 0.2) is 23.4 Å². The molecule has 0 aliphatic heterocycles. The van der Waals surface area contributed by atoms with Gasteiger partial charge < -0.3 is 14.6 Å². The molecule has 2 heterocycles. The fourth-order valence-corrected chi connectivity index (χ4v) is 6.33. The number of carbonyl (C=O) groups is 1. The van der Waals surface area contributed by atoms with Crippen LogP contribution < -0.4 is 10.1 Å². The van der Waals surface area contributed by atoms with E-state index in [1.807, 2.05) is 37.5 Å². The van der Waals surface area contributed by atoms with Crippen molar-refractivity contribution in [2.45, 2.75) is 71.2 Å². The Balaban J connectivity index is 1.38. The highest BCUT2D eigenvalue weighted by Crippen LogP contribution is 2.37. The molecule has 0 bridgehead atoms. The Morgan fingerprint density at radius 3 is 2.71 bits per heavy atom. The summed E-state index contributed by atoms with van der Waals surface area (Å²) in [5.41, 5.74) is 4.07. The van der Waals surface area contributed by atoms with Crippen molar-refractivity contribution in [3.63, 3.8) is 0 Å². The normalized spacial score (nSPS) is 13.1. The van der Waals surface area contributed by atoms with E-state index in [1.54, 1.807) is 11.3 Å². The van der Waals surface area contributed by atoms with Crippen molar-refractivity contribution in [2.75, 3.05) is 11.1 Å². The molecule has 0 saturated heterocycles. The highest BCUT2D eigenvalue weighted by Gasteiger charge is 2.21. The third-order valence-electron chi connectivity index (χ3n) is 5.79. The van der Waals surface area contributed by atoms with E-state index in [1.165, 1.54) is 23.1 Å². The maximum atomic E-state index is 12.7. The summed E-state index contributed by atoms with van der Waals surface area (Å²) in [5, 5.41) is 22.6. The molecule has 1 amide bonds. The molecule has 1 N–H and O–H groups in total. The van der Waals surface area contributed by atoms with E-state index in [0.29, 0.717) is 28.9 Å². The van der Waals surface area contributed by atoms with E-state index in [9.17, 15) is 10.1 Å². The van der Waals surface area contributed by atoms with Crippen molar-refractivity contribution >= 4 is 34.0 Å². The maximum Gasteiger partial charge on any atom is 0.235 e. The van der Waals surface area contributed by atoms with Gasteiger partial charge in [-0.15, -0.1) is 21.5 Å². The summed E-state index contributed by atoms with van der Waals surface area (Å²) in [6, 6.07) is 8.42. The molecule has 0 spiro atoms. The Bertz CT molecular complexity index is 1200. The number of nitriles is 1. The van der Waals surface area contributed by atoms with Crippen molar-refractivity contribution < 1.29 is 9.53 Å². The number of hydrogen-bond donors (Lipinski definition) is 1. The lowest BCUT2D eigenvalue weighted by molar-refractivity contribution is -0.113. The van der Waals surface area contributed by atoms with E-state index in [2.05, 4.69) is 27.6 Å². The van der Waals surface area contributed by atoms with Gasteiger partial charge in [0.05, 0.1) is 11.3 Å². The Kier molecular flexibility index (Phi) is 7.91. The molecular formula is C25H29N5O2S2. The molecule has 0 radical (unpaired) electrons. The van der Waals surface area contributed by atoms with E-state index in [-0.39, 0.29) is 11.7 Å². The molecular weight excluding hydrogens is 466 g/mol. The number of amides is 1. The molecule has 2 aromatic heterocycles. The Morgan fingerprint density at radius 2 is 1.97 bits per heavy atom. The zero-order valence-corrected chi connectivity index (χ0v) is 21.4. The number of rotatable bonds is 8. The van der Waals surface area contributed by atoms with Crippen LogP contribution in [0.3, 0.4) is 0 Å². The minimum Gasteiger partial charge on any atom is -0.486 e. The van der Waals surface area contributed by atoms with Crippen LogP contribution in [-0.4, -0.2) is 26.4 Å². The van der Waals surface area contributed by atoms with Crippen LogP contribution in [0.25, 0.3) is 0 Å². The zero-order valence-electron chi connectivity index (χ0n) is 19.8. The number of ether oxygens (including phenoxy) is 1. The topological polar surface area (TPSA) is 92.8 Å². The molecule has 9 heteroatoms. The molecule has 3 aromatic rings. The largest absolute Gasteiger partial charge is 0.486 e. The molecule has 1 aliphatic carbocycles. The quantitative estimate of drug-likeness (QED) is 0.331. The third kappa shape index (κ3) is 5.62. The molecule has 1 aromatic carbocycles. The summed E-state index contributed by atoms with van der Waals surface area (Å²) in [5.74, 6) is 1.58. The average Bonchev–Trinajstić information content (AvgIpc) is 3.26. The lowest BCUT2D eigenvalue weighted by atomic mass is 10.1. The van der Waals surface area contributed by atoms with Crippen molar-refractivity contribution in [3.8, 4) is 11.8 Å².